The number of aromatic amines is 1. The van der Waals surface area contributed by atoms with E-state index in [9.17, 15) is 17.2 Å². The molecule has 0 aliphatic carbocycles. The molecule has 0 bridgehead atoms. The molecule has 6 nitrogen and oxygen atoms in total. The first kappa shape index (κ1) is 15.4. The van der Waals surface area contributed by atoms with Crippen molar-refractivity contribution < 1.29 is 21.9 Å². The highest BCUT2D eigenvalue weighted by Crippen LogP contribution is 2.22. The highest BCUT2D eigenvalue weighted by molar-refractivity contribution is 7.89. The Kier molecular flexibility index (Phi) is 4.53. The largest absolute Gasteiger partial charge is 0.435 e. The van der Waals surface area contributed by atoms with Crippen molar-refractivity contribution in [2.75, 3.05) is 0 Å². The molecule has 0 saturated carbocycles. The summed E-state index contributed by atoms with van der Waals surface area (Å²) in [6.45, 7) is -1.34. The van der Waals surface area contributed by atoms with E-state index in [0.29, 0.717) is 5.56 Å². The van der Waals surface area contributed by atoms with Gasteiger partial charge in [0.2, 0.25) is 10.0 Å². The molecular formula is C12H13F2N3O3S. The summed E-state index contributed by atoms with van der Waals surface area (Å²) in [5.41, 5.74) is 0.500. The summed E-state index contributed by atoms with van der Waals surface area (Å²) < 4.78 is 55.1. The summed E-state index contributed by atoms with van der Waals surface area (Å²) in [7, 11) is -3.73. The number of nitrogens with zero attached hydrogens (tertiary/aromatic N) is 1. The van der Waals surface area contributed by atoms with Gasteiger partial charge in [0, 0.05) is 12.2 Å². The van der Waals surface area contributed by atoms with Crippen LogP contribution in [0.15, 0.2) is 41.6 Å². The molecule has 9 heteroatoms. The van der Waals surface area contributed by atoms with Crippen molar-refractivity contribution in [2.45, 2.75) is 24.5 Å². The van der Waals surface area contributed by atoms with Crippen molar-refractivity contribution in [3.8, 4) is 5.75 Å². The second-order valence-corrected chi connectivity index (χ2v) is 5.94. The van der Waals surface area contributed by atoms with E-state index in [0.717, 1.165) is 0 Å². The number of aromatic nitrogens is 2. The molecule has 1 unspecified atom stereocenters. The standard InChI is InChI=1S/C12H13F2N3O3S/c1-8(17-21(18,19)11-6-15-16-7-11)9-3-2-4-10(5-9)20-12(13)14/h2-8,12,17H,1H3,(H,15,16). The SMILES string of the molecule is CC(NS(=O)(=O)c1cn[nH]c1)c1cccc(OC(F)F)c1. The minimum Gasteiger partial charge on any atom is -0.435 e. The zero-order chi connectivity index (χ0) is 15.5. The molecule has 2 aromatic rings. The van der Waals surface area contributed by atoms with Crippen molar-refractivity contribution in [3.05, 3.63) is 42.2 Å². The fraction of sp³-hybridized carbons (Fsp3) is 0.250. The average Bonchev–Trinajstić information content (AvgIpc) is 2.92. The number of halogens is 2. The number of hydrogen-bond acceptors (Lipinski definition) is 4. The van der Waals surface area contributed by atoms with Crippen LogP contribution in [0.2, 0.25) is 0 Å². The molecule has 1 heterocycles. The second kappa shape index (κ2) is 6.19. The van der Waals surface area contributed by atoms with Crippen LogP contribution in [-0.4, -0.2) is 25.2 Å². The maximum absolute atomic E-state index is 12.2. The fourth-order valence-corrected chi connectivity index (χ4v) is 2.85. The summed E-state index contributed by atoms with van der Waals surface area (Å²) in [6.07, 6.45) is 2.41. The first-order chi connectivity index (χ1) is 9.88. The Balaban J connectivity index is 2.15. The van der Waals surface area contributed by atoms with E-state index in [4.69, 9.17) is 0 Å². The van der Waals surface area contributed by atoms with E-state index in [1.807, 2.05) is 0 Å². The molecule has 1 aromatic carbocycles. The number of benzene rings is 1. The minimum absolute atomic E-state index is 0.00525. The van der Waals surface area contributed by atoms with Crippen LogP contribution in [0.3, 0.4) is 0 Å². The third-order valence-electron chi connectivity index (χ3n) is 2.70. The molecule has 0 saturated heterocycles. The van der Waals surface area contributed by atoms with Gasteiger partial charge >= 0.3 is 6.61 Å². The van der Waals surface area contributed by atoms with Crippen LogP contribution in [-0.2, 0) is 10.0 Å². The van der Waals surface area contributed by atoms with Gasteiger partial charge in [-0.2, -0.15) is 13.9 Å². The number of ether oxygens (including phenoxy) is 1. The Morgan fingerprint density at radius 1 is 1.38 bits per heavy atom. The molecular weight excluding hydrogens is 304 g/mol. The average molecular weight is 317 g/mol. The zero-order valence-electron chi connectivity index (χ0n) is 11.0. The van der Waals surface area contributed by atoms with E-state index < -0.39 is 22.7 Å². The van der Waals surface area contributed by atoms with Gasteiger partial charge in [0.15, 0.2) is 0 Å². The van der Waals surface area contributed by atoms with Crippen molar-refractivity contribution in [1.82, 2.24) is 14.9 Å². The summed E-state index contributed by atoms with van der Waals surface area (Å²) in [4.78, 5) is -0.00525. The molecule has 2 rings (SSSR count). The quantitative estimate of drug-likeness (QED) is 0.854. The van der Waals surface area contributed by atoms with Gasteiger partial charge in [-0.05, 0) is 24.6 Å². The van der Waals surface area contributed by atoms with E-state index in [1.54, 1.807) is 13.0 Å². The number of sulfonamides is 1. The van der Waals surface area contributed by atoms with Crippen LogP contribution in [0.4, 0.5) is 8.78 Å². The second-order valence-electron chi connectivity index (χ2n) is 4.23. The van der Waals surface area contributed by atoms with Gasteiger partial charge < -0.3 is 4.74 Å². The molecule has 21 heavy (non-hydrogen) atoms. The van der Waals surface area contributed by atoms with E-state index >= 15 is 0 Å². The van der Waals surface area contributed by atoms with Crippen molar-refractivity contribution in [3.63, 3.8) is 0 Å². The smallest absolute Gasteiger partial charge is 0.387 e. The van der Waals surface area contributed by atoms with Crippen LogP contribution >= 0.6 is 0 Å². The Morgan fingerprint density at radius 2 is 2.14 bits per heavy atom. The lowest BCUT2D eigenvalue weighted by Crippen LogP contribution is -2.26. The van der Waals surface area contributed by atoms with Crippen LogP contribution in [0.1, 0.15) is 18.5 Å². The third-order valence-corrected chi connectivity index (χ3v) is 4.21. The van der Waals surface area contributed by atoms with Gasteiger partial charge in [-0.1, -0.05) is 12.1 Å². The lowest BCUT2D eigenvalue weighted by Gasteiger charge is -2.15. The maximum atomic E-state index is 12.2. The zero-order valence-corrected chi connectivity index (χ0v) is 11.8. The normalized spacial score (nSPS) is 13.3. The van der Waals surface area contributed by atoms with Crippen LogP contribution in [0.25, 0.3) is 0 Å². The van der Waals surface area contributed by atoms with Gasteiger partial charge in [-0.3, -0.25) is 5.10 Å². The first-order valence-electron chi connectivity index (χ1n) is 5.94. The Hall–Kier alpha value is -2.00. The van der Waals surface area contributed by atoms with Gasteiger partial charge in [-0.25, -0.2) is 13.1 Å². The Labute approximate surface area is 120 Å². The van der Waals surface area contributed by atoms with Gasteiger partial charge in [-0.15, -0.1) is 0 Å². The molecule has 0 aliphatic heterocycles. The number of H-pyrrole nitrogens is 1. The molecule has 1 aromatic heterocycles. The highest BCUT2D eigenvalue weighted by atomic mass is 32.2. The topological polar surface area (TPSA) is 84.1 Å². The van der Waals surface area contributed by atoms with E-state index in [-0.39, 0.29) is 10.6 Å². The lowest BCUT2D eigenvalue weighted by atomic mass is 10.1. The molecule has 0 aliphatic rings. The maximum Gasteiger partial charge on any atom is 0.387 e. The van der Waals surface area contributed by atoms with Crippen LogP contribution in [0.5, 0.6) is 5.75 Å². The number of hydrogen-bond donors (Lipinski definition) is 2. The molecule has 0 amide bonds. The van der Waals surface area contributed by atoms with E-state index in [1.165, 1.54) is 30.6 Å². The highest BCUT2D eigenvalue weighted by Gasteiger charge is 2.19. The summed E-state index contributed by atoms with van der Waals surface area (Å²) in [6, 6.07) is 5.23. The van der Waals surface area contributed by atoms with E-state index in [2.05, 4.69) is 19.7 Å². The summed E-state index contributed by atoms with van der Waals surface area (Å²) in [5.74, 6) is -0.0307. The monoisotopic (exact) mass is 317 g/mol. The third kappa shape index (κ3) is 3.99. The van der Waals surface area contributed by atoms with Gasteiger partial charge in [0.05, 0.1) is 6.20 Å². The first-order valence-corrected chi connectivity index (χ1v) is 7.42. The van der Waals surface area contributed by atoms with Crippen molar-refractivity contribution in [1.29, 1.82) is 0 Å². The minimum atomic E-state index is -3.73. The molecule has 114 valence electrons. The number of rotatable bonds is 6. The van der Waals surface area contributed by atoms with Gasteiger partial charge in [0.25, 0.3) is 0 Å². The predicted molar refractivity (Wildman–Crippen MR) is 70.4 cm³/mol. The van der Waals surface area contributed by atoms with Crippen LogP contribution < -0.4 is 9.46 Å². The Bertz CT molecular complexity index is 690. The number of alkyl halides is 2. The molecule has 0 radical (unpaired) electrons. The lowest BCUT2D eigenvalue weighted by molar-refractivity contribution is -0.0499. The molecule has 1 atom stereocenters. The molecule has 0 fully saturated rings. The molecule has 0 spiro atoms. The summed E-state index contributed by atoms with van der Waals surface area (Å²) >= 11 is 0. The van der Waals surface area contributed by atoms with Crippen LogP contribution in [0, 0.1) is 0 Å². The molecule has 2 N–H and O–H groups in total. The number of nitrogens with one attached hydrogen (secondary N) is 2. The van der Waals surface area contributed by atoms with Gasteiger partial charge in [0.1, 0.15) is 10.6 Å². The van der Waals surface area contributed by atoms with Crippen molar-refractivity contribution in [2.24, 2.45) is 0 Å². The fourth-order valence-electron chi connectivity index (χ4n) is 1.71. The van der Waals surface area contributed by atoms with Crippen molar-refractivity contribution >= 4 is 10.0 Å². The predicted octanol–water partition coefficient (Wildman–Crippen LogP) is 2.05. The Morgan fingerprint density at radius 3 is 2.76 bits per heavy atom. The summed E-state index contributed by atoms with van der Waals surface area (Å²) in [5, 5.41) is 5.97.